The Hall–Kier alpha value is -3.62. The number of aliphatic hydroxyl groups is 2. The van der Waals surface area contributed by atoms with Crippen molar-refractivity contribution < 1.29 is 24.9 Å². The molecule has 0 radical (unpaired) electrons. The van der Waals surface area contributed by atoms with Crippen LogP contribution in [0.25, 0.3) is 11.3 Å². The lowest BCUT2D eigenvalue weighted by atomic mass is 9.97. The van der Waals surface area contributed by atoms with Gasteiger partial charge in [-0.2, -0.15) is 0 Å². The summed E-state index contributed by atoms with van der Waals surface area (Å²) in [5.41, 5.74) is 1.26. The Morgan fingerprint density at radius 1 is 1.09 bits per heavy atom. The number of aromatic nitrogens is 1. The van der Waals surface area contributed by atoms with E-state index in [1.165, 1.54) is 0 Å². The van der Waals surface area contributed by atoms with Gasteiger partial charge in [0.05, 0.1) is 18.4 Å². The summed E-state index contributed by atoms with van der Waals surface area (Å²) in [6.07, 6.45) is -1.37. The topological polar surface area (TPSA) is 123 Å². The number of hydrogen-bond acceptors (Lipinski definition) is 7. The average molecular weight is 438 g/mol. The molecule has 168 valence electrons. The first-order valence-electron chi connectivity index (χ1n) is 10.1. The molecule has 8 nitrogen and oxygen atoms in total. The summed E-state index contributed by atoms with van der Waals surface area (Å²) in [5.74, 6) is -1.56. The zero-order chi connectivity index (χ0) is 23.3. The molecule has 3 rings (SSSR count). The Kier molecular flexibility index (Phi) is 7.29. The lowest BCUT2D eigenvalue weighted by molar-refractivity contribution is 0.0466. The van der Waals surface area contributed by atoms with Gasteiger partial charge in [-0.25, -0.2) is 4.79 Å². The predicted molar refractivity (Wildman–Crippen MR) is 121 cm³/mol. The Morgan fingerprint density at radius 3 is 2.34 bits per heavy atom. The van der Waals surface area contributed by atoms with E-state index in [1.54, 1.807) is 36.4 Å². The van der Waals surface area contributed by atoms with E-state index in [-0.39, 0.29) is 24.3 Å². The molecule has 0 fully saturated rings. The monoisotopic (exact) mass is 438 g/mol. The second-order valence-corrected chi connectivity index (χ2v) is 7.57. The number of pyridine rings is 1. The van der Waals surface area contributed by atoms with Crippen LogP contribution in [0.4, 0.5) is 5.69 Å². The fraction of sp³-hybridized carbons (Fsp3) is 0.250. The fourth-order valence-electron chi connectivity index (χ4n) is 3.28. The summed E-state index contributed by atoms with van der Waals surface area (Å²) >= 11 is 0. The third kappa shape index (κ3) is 5.16. The highest BCUT2D eigenvalue weighted by atomic mass is 16.5. The molecule has 0 saturated carbocycles. The maximum atomic E-state index is 12.7. The molecule has 1 heterocycles. The zero-order valence-electron chi connectivity index (χ0n) is 17.9. The molecule has 1 unspecified atom stereocenters. The van der Waals surface area contributed by atoms with E-state index in [0.717, 1.165) is 11.3 Å². The lowest BCUT2D eigenvalue weighted by Gasteiger charge is -2.17. The van der Waals surface area contributed by atoms with Crippen LogP contribution in [0.1, 0.15) is 21.5 Å². The molecular formula is C24H26N2O6. The number of carbonyl (C=O) groups is 1. The first-order valence-corrected chi connectivity index (χ1v) is 10.1. The van der Waals surface area contributed by atoms with Gasteiger partial charge in [0.25, 0.3) is 5.56 Å². The Labute approximate surface area is 185 Å². The molecule has 0 bridgehead atoms. The van der Waals surface area contributed by atoms with Crippen molar-refractivity contribution in [2.75, 3.05) is 25.6 Å². The van der Waals surface area contributed by atoms with Gasteiger partial charge in [-0.15, -0.1) is 0 Å². The normalized spacial score (nSPS) is 11.8. The molecule has 4 N–H and O–H groups in total. The van der Waals surface area contributed by atoms with E-state index in [2.05, 4.69) is 4.98 Å². The minimum atomic E-state index is -1.19. The third-order valence-corrected chi connectivity index (χ3v) is 5.03. The average Bonchev–Trinajstić information content (AvgIpc) is 2.80. The first-order chi connectivity index (χ1) is 15.3. The van der Waals surface area contributed by atoms with E-state index in [4.69, 9.17) is 4.74 Å². The number of benzene rings is 2. The number of H-pyrrole nitrogens is 1. The quantitative estimate of drug-likeness (QED) is 0.397. The van der Waals surface area contributed by atoms with Crippen molar-refractivity contribution in [1.29, 1.82) is 0 Å². The molecule has 0 spiro atoms. The molecule has 0 aliphatic carbocycles. The van der Waals surface area contributed by atoms with Crippen LogP contribution in [-0.2, 0) is 17.8 Å². The second kappa shape index (κ2) is 10.1. The Bertz CT molecular complexity index is 1120. The Balaban J connectivity index is 2.01. The summed E-state index contributed by atoms with van der Waals surface area (Å²) in [5, 5.41) is 30.1. The number of nitrogens with zero attached hydrogens (tertiary/aromatic N) is 1. The molecular weight excluding hydrogens is 412 g/mol. The van der Waals surface area contributed by atoms with Crippen LogP contribution in [0.2, 0.25) is 0 Å². The molecule has 1 atom stereocenters. The number of ether oxygens (including phenoxy) is 1. The van der Waals surface area contributed by atoms with Crippen LogP contribution < -0.4 is 10.5 Å². The summed E-state index contributed by atoms with van der Waals surface area (Å²) < 4.78 is 5.21. The van der Waals surface area contributed by atoms with Gasteiger partial charge in [-0.3, -0.25) is 4.79 Å². The summed E-state index contributed by atoms with van der Waals surface area (Å²) in [6.45, 7) is -0.619. The van der Waals surface area contributed by atoms with Crippen LogP contribution in [0.5, 0.6) is 5.75 Å². The standard InChI is InChI=1S/C24H26N2O6/c1-26(2)17-10-8-16(9-11-17)21-19(12-18(28)13-27)22(29)20(23(30)25-21)24(31)32-14-15-6-4-3-5-7-15/h3-11,18,27-28H,12-14H2,1-2H3,(H2,25,29,30). The van der Waals surface area contributed by atoms with Crippen molar-refractivity contribution in [3.05, 3.63) is 81.6 Å². The second-order valence-electron chi connectivity index (χ2n) is 7.57. The number of aromatic hydroxyl groups is 1. The predicted octanol–water partition coefficient (Wildman–Crippen LogP) is 2.07. The largest absolute Gasteiger partial charge is 0.506 e. The maximum absolute atomic E-state index is 12.7. The van der Waals surface area contributed by atoms with Gasteiger partial charge < -0.3 is 29.9 Å². The van der Waals surface area contributed by atoms with Crippen LogP contribution in [0.3, 0.4) is 0 Å². The smallest absolute Gasteiger partial charge is 0.347 e. The summed E-state index contributed by atoms with van der Waals surface area (Å²) in [7, 11) is 3.78. The van der Waals surface area contributed by atoms with Crippen molar-refractivity contribution in [2.45, 2.75) is 19.1 Å². The van der Waals surface area contributed by atoms with Crippen molar-refractivity contribution in [2.24, 2.45) is 0 Å². The lowest BCUT2D eigenvalue weighted by Crippen LogP contribution is -2.24. The summed E-state index contributed by atoms with van der Waals surface area (Å²) in [6, 6.07) is 16.1. The number of anilines is 1. The van der Waals surface area contributed by atoms with Gasteiger partial charge in [-0.1, -0.05) is 42.5 Å². The molecule has 0 aliphatic heterocycles. The number of esters is 1. The molecule has 32 heavy (non-hydrogen) atoms. The minimum absolute atomic E-state index is 0.0686. The molecule has 1 aromatic heterocycles. The molecule has 3 aromatic rings. The van der Waals surface area contributed by atoms with E-state index in [1.807, 2.05) is 37.2 Å². The Morgan fingerprint density at radius 2 is 1.75 bits per heavy atom. The molecule has 2 aromatic carbocycles. The van der Waals surface area contributed by atoms with E-state index in [9.17, 15) is 24.9 Å². The van der Waals surface area contributed by atoms with Crippen molar-refractivity contribution in [1.82, 2.24) is 4.98 Å². The number of aliphatic hydroxyl groups excluding tert-OH is 2. The van der Waals surface area contributed by atoms with Gasteiger partial charge >= 0.3 is 5.97 Å². The number of hydrogen-bond donors (Lipinski definition) is 4. The first kappa shape index (κ1) is 23.1. The molecule has 0 aliphatic rings. The van der Waals surface area contributed by atoms with Gasteiger partial charge in [0.2, 0.25) is 0 Å². The highest BCUT2D eigenvalue weighted by molar-refractivity contribution is 5.93. The van der Waals surface area contributed by atoms with E-state index in [0.29, 0.717) is 5.56 Å². The number of rotatable bonds is 8. The van der Waals surface area contributed by atoms with Crippen molar-refractivity contribution in [3.63, 3.8) is 0 Å². The van der Waals surface area contributed by atoms with Crippen molar-refractivity contribution >= 4 is 11.7 Å². The number of carbonyl (C=O) groups excluding carboxylic acids is 1. The van der Waals surface area contributed by atoms with Crippen LogP contribution in [-0.4, -0.2) is 53.1 Å². The van der Waals surface area contributed by atoms with Crippen molar-refractivity contribution in [3.8, 4) is 17.0 Å². The maximum Gasteiger partial charge on any atom is 0.347 e. The van der Waals surface area contributed by atoms with E-state index >= 15 is 0 Å². The van der Waals surface area contributed by atoms with Crippen LogP contribution >= 0.6 is 0 Å². The molecule has 8 heteroatoms. The molecule has 0 amide bonds. The number of nitrogens with one attached hydrogen (secondary N) is 1. The highest BCUT2D eigenvalue weighted by Crippen LogP contribution is 2.32. The third-order valence-electron chi connectivity index (χ3n) is 5.03. The SMILES string of the molecule is CN(C)c1ccc(-c2[nH]c(=O)c(C(=O)OCc3ccccc3)c(O)c2CC(O)CO)cc1. The summed E-state index contributed by atoms with van der Waals surface area (Å²) in [4.78, 5) is 29.9. The fourth-order valence-corrected chi connectivity index (χ4v) is 3.28. The van der Waals surface area contributed by atoms with Gasteiger partial charge in [0, 0.05) is 31.8 Å². The highest BCUT2D eigenvalue weighted by Gasteiger charge is 2.25. The number of aromatic amines is 1. The molecule has 0 saturated heterocycles. The van der Waals surface area contributed by atoms with Crippen LogP contribution in [0, 0.1) is 0 Å². The van der Waals surface area contributed by atoms with Gasteiger partial charge in [0.15, 0.2) is 5.56 Å². The van der Waals surface area contributed by atoms with Gasteiger partial charge in [-0.05, 0) is 23.3 Å². The van der Waals surface area contributed by atoms with Gasteiger partial charge in [0.1, 0.15) is 12.4 Å². The van der Waals surface area contributed by atoms with Crippen LogP contribution in [0.15, 0.2) is 59.4 Å². The van der Waals surface area contributed by atoms with E-state index < -0.39 is 35.6 Å². The zero-order valence-corrected chi connectivity index (χ0v) is 17.9. The minimum Gasteiger partial charge on any atom is -0.506 e.